The van der Waals surface area contributed by atoms with Gasteiger partial charge < -0.3 is 25.3 Å². The van der Waals surface area contributed by atoms with Gasteiger partial charge >= 0.3 is 0 Å². The number of carbonyl (C=O) groups excluding carboxylic acids is 2. The molecule has 0 spiro atoms. The van der Waals surface area contributed by atoms with Gasteiger partial charge in [0.1, 0.15) is 5.76 Å². The van der Waals surface area contributed by atoms with Crippen molar-refractivity contribution in [2.24, 2.45) is 4.99 Å². The second kappa shape index (κ2) is 10.0. The highest BCUT2D eigenvalue weighted by atomic mass is 16.3. The second-order valence-corrected chi connectivity index (χ2v) is 6.03. The molecule has 0 saturated carbocycles. The standard InChI is InChI=1S/C19H25N5O3/c1-20-19(23-13-17(25)21-12-16-5-4-10-27-16)22-11-14-6-8-15(9-7-14)18(26)24(2)3/h4-10H,11-13H2,1-3H3,(H,21,25)(H2,20,22,23). The van der Waals surface area contributed by atoms with Gasteiger partial charge in [-0.3, -0.25) is 14.6 Å². The summed E-state index contributed by atoms with van der Waals surface area (Å²) in [7, 11) is 5.07. The molecule has 2 aromatic rings. The third kappa shape index (κ3) is 6.50. The summed E-state index contributed by atoms with van der Waals surface area (Å²) in [4.78, 5) is 29.4. The number of furan rings is 1. The lowest BCUT2D eigenvalue weighted by Gasteiger charge is -2.13. The van der Waals surface area contributed by atoms with E-state index < -0.39 is 0 Å². The summed E-state index contributed by atoms with van der Waals surface area (Å²) < 4.78 is 5.16. The van der Waals surface area contributed by atoms with Crippen LogP contribution in [-0.4, -0.2) is 50.4 Å². The van der Waals surface area contributed by atoms with E-state index in [1.165, 1.54) is 4.90 Å². The van der Waals surface area contributed by atoms with Crippen molar-refractivity contribution in [2.75, 3.05) is 27.7 Å². The maximum Gasteiger partial charge on any atom is 0.253 e. The number of amides is 2. The first-order valence-electron chi connectivity index (χ1n) is 8.53. The van der Waals surface area contributed by atoms with Crippen molar-refractivity contribution in [3.8, 4) is 0 Å². The molecule has 0 fully saturated rings. The zero-order valence-corrected chi connectivity index (χ0v) is 15.8. The molecule has 1 heterocycles. The Kier molecular flexibility index (Phi) is 7.42. The van der Waals surface area contributed by atoms with Gasteiger partial charge in [0.05, 0.1) is 19.4 Å². The maximum absolute atomic E-state index is 11.9. The van der Waals surface area contributed by atoms with Crippen molar-refractivity contribution in [3.63, 3.8) is 0 Å². The zero-order chi connectivity index (χ0) is 19.6. The van der Waals surface area contributed by atoms with E-state index in [-0.39, 0.29) is 18.4 Å². The first kappa shape index (κ1) is 20.0. The quantitative estimate of drug-likeness (QED) is 0.497. The molecule has 0 saturated heterocycles. The molecule has 1 aromatic heterocycles. The molecule has 0 aliphatic heterocycles. The molecule has 0 aliphatic rings. The lowest BCUT2D eigenvalue weighted by molar-refractivity contribution is -0.120. The highest BCUT2D eigenvalue weighted by Gasteiger charge is 2.08. The van der Waals surface area contributed by atoms with E-state index in [1.54, 1.807) is 51.7 Å². The van der Waals surface area contributed by atoms with Crippen LogP contribution in [-0.2, 0) is 17.9 Å². The highest BCUT2D eigenvalue weighted by Crippen LogP contribution is 2.06. The van der Waals surface area contributed by atoms with Crippen LogP contribution in [0.15, 0.2) is 52.1 Å². The molecule has 0 radical (unpaired) electrons. The van der Waals surface area contributed by atoms with Gasteiger partial charge in [-0.25, -0.2) is 0 Å². The largest absolute Gasteiger partial charge is 0.467 e. The summed E-state index contributed by atoms with van der Waals surface area (Å²) in [6, 6.07) is 10.9. The predicted octanol–water partition coefficient (Wildman–Crippen LogP) is 0.963. The number of hydrogen-bond donors (Lipinski definition) is 3. The summed E-state index contributed by atoms with van der Waals surface area (Å²) in [5, 5.41) is 8.83. The van der Waals surface area contributed by atoms with Gasteiger partial charge in [0, 0.05) is 33.3 Å². The van der Waals surface area contributed by atoms with Gasteiger partial charge in [-0.15, -0.1) is 0 Å². The molecule has 2 rings (SSSR count). The van der Waals surface area contributed by atoms with E-state index in [4.69, 9.17) is 4.42 Å². The Bertz CT molecular complexity index is 767. The minimum Gasteiger partial charge on any atom is -0.467 e. The summed E-state index contributed by atoms with van der Waals surface area (Å²) in [6.07, 6.45) is 1.56. The van der Waals surface area contributed by atoms with Crippen molar-refractivity contribution >= 4 is 17.8 Å². The minimum atomic E-state index is -0.166. The van der Waals surface area contributed by atoms with Crippen LogP contribution >= 0.6 is 0 Å². The highest BCUT2D eigenvalue weighted by molar-refractivity contribution is 5.93. The van der Waals surface area contributed by atoms with Crippen molar-refractivity contribution in [1.29, 1.82) is 0 Å². The van der Waals surface area contributed by atoms with Gasteiger partial charge in [0.25, 0.3) is 5.91 Å². The number of rotatable bonds is 7. The number of carbonyl (C=O) groups is 2. The van der Waals surface area contributed by atoms with Gasteiger partial charge in [0.15, 0.2) is 5.96 Å². The zero-order valence-electron chi connectivity index (χ0n) is 15.8. The second-order valence-electron chi connectivity index (χ2n) is 6.03. The number of guanidine groups is 1. The molecule has 0 aliphatic carbocycles. The SMILES string of the molecule is CN=C(NCC(=O)NCc1ccco1)NCc1ccc(C(=O)N(C)C)cc1. The van der Waals surface area contributed by atoms with Crippen LogP contribution in [0, 0.1) is 0 Å². The number of aliphatic imine (C=N–C) groups is 1. The number of hydrogen-bond acceptors (Lipinski definition) is 4. The Morgan fingerprint density at radius 1 is 1.04 bits per heavy atom. The third-order valence-corrected chi connectivity index (χ3v) is 3.75. The summed E-state index contributed by atoms with van der Waals surface area (Å²) in [5.41, 5.74) is 1.63. The molecule has 0 bridgehead atoms. The Morgan fingerprint density at radius 2 is 1.78 bits per heavy atom. The topological polar surface area (TPSA) is 99.0 Å². The van der Waals surface area contributed by atoms with Crippen molar-refractivity contribution in [2.45, 2.75) is 13.1 Å². The fourth-order valence-corrected chi connectivity index (χ4v) is 2.26. The van der Waals surface area contributed by atoms with E-state index in [1.807, 2.05) is 12.1 Å². The molecular formula is C19H25N5O3. The Morgan fingerprint density at radius 3 is 2.37 bits per heavy atom. The maximum atomic E-state index is 11.9. The summed E-state index contributed by atoms with van der Waals surface area (Å²) >= 11 is 0. The van der Waals surface area contributed by atoms with Crippen LogP contribution in [0.3, 0.4) is 0 Å². The summed E-state index contributed by atoms with van der Waals surface area (Å²) in [5.74, 6) is 1.01. The molecule has 0 atom stereocenters. The van der Waals surface area contributed by atoms with Gasteiger partial charge in [0.2, 0.25) is 5.91 Å². The molecule has 3 N–H and O–H groups in total. The third-order valence-electron chi connectivity index (χ3n) is 3.75. The number of nitrogens with zero attached hydrogens (tertiary/aromatic N) is 2. The average molecular weight is 371 g/mol. The molecule has 1 aromatic carbocycles. The monoisotopic (exact) mass is 371 g/mol. The van der Waals surface area contributed by atoms with Crippen LogP contribution < -0.4 is 16.0 Å². The van der Waals surface area contributed by atoms with E-state index in [2.05, 4.69) is 20.9 Å². The normalized spacial score (nSPS) is 11.0. The molecule has 2 amide bonds. The van der Waals surface area contributed by atoms with Crippen LogP contribution in [0.4, 0.5) is 0 Å². The Balaban J connectivity index is 1.74. The van der Waals surface area contributed by atoms with E-state index in [0.29, 0.717) is 30.4 Å². The van der Waals surface area contributed by atoms with E-state index in [9.17, 15) is 9.59 Å². The fourth-order valence-electron chi connectivity index (χ4n) is 2.26. The summed E-state index contributed by atoms with van der Waals surface area (Å²) in [6.45, 7) is 0.957. The fraction of sp³-hybridized carbons (Fsp3) is 0.316. The van der Waals surface area contributed by atoms with Crippen LogP contribution in [0.5, 0.6) is 0 Å². The first-order chi connectivity index (χ1) is 13.0. The molecular weight excluding hydrogens is 346 g/mol. The van der Waals surface area contributed by atoms with Crippen LogP contribution in [0.25, 0.3) is 0 Å². The van der Waals surface area contributed by atoms with Crippen LogP contribution in [0.1, 0.15) is 21.7 Å². The van der Waals surface area contributed by atoms with Crippen LogP contribution in [0.2, 0.25) is 0 Å². The molecule has 8 heteroatoms. The average Bonchev–Trinajstić information content (AvgIpc) is 3.20. The molecule has 0 unspecified atom stereocenters. The first-order valence-corrected chi connectivity index (χ1v) is 8.53. The number of benzene rings is 1. The Labute approximate surface area is 158 Å². The molecule has 144 valence electrons. The lowest BCUT2D eigenvalue weighted by atomic mass is 10.1. The van der Waals surface area contributed by atoms with Crippen molar-refractivity contribution < 1.29 is 14.0 Å². The minimum absolute atomic E-state index is 0.0347. The molecule has 8 nitrogen and oxygen atoms in total. The van der Waals surface area contributed by atoms with Crippen molar-refractivity contribution in [1.82, 2.24) is 20.9 Å². The lowest BCUT2D eigenvalue weighted by Crippen LogP contribution is -2.42. The predicted molar refractivity (Wildman–Crippen MR) is 103 cm³/mol. The molecule has 27 heavy (non-hydrogen) atoms. The number of nitrogens with one attached hydrogen (secondary N) is 3. The smallest absolute Gasteiger partial charge is 0.253 e. The van der Waals surface area contributed by atoms with Gasteiger partial charge in [-0.2, -0.15) is 0 Å². The van der Waals surface area contributed by atoms with Crippen molar-refractivity contribution in [3.05, 3.63) is 59.5 Å². The van der Waals surface area contributed by atoms with E-state index in [0.717, 1.165) is 5.56 Å². The van der Waals surface area contributed by atoms with E-state index >= 15 is 0 Å². The Hall–Kier alpha value is -3.29. The van der Waals surface area contributed by atoms with Gasteiger partial charge in [-0.1, -0.05) is 12.1 Å². The van der Waals surface area contributed by atoms with Gasteiger partial charge in [-0.05, 0) is 29.8 Å².